The van der Waals surface area contributed by atoms with Crippen LogP contribution < -0.4 is 10.2 Å². The van der Waals surface area contributed by atoms with E-state index in [4.69, 9.17) is 9.47 Å². The van der Waals surface area contributed by atoms with Crippen LogP contribution in [0.3, 0.4) is 0 Å². The topological polar surface area (TPSA) is 85.2 Å². The summed E-state index contributed by atoms with van der Waals surface area (Å²) >= 11 is 0. The van der Waals surface area contributed by atoms with Crippen LogP contribution in [0.5, 0.6) is 0 Å². The summed E-state index contributed by atoms with van der Waals surface area (Å²) in [5, 5.41) is 2.88. The van der Waals surface area contributed by atoms with Crippen molar-refractivity contribution in [2.45, 2.75) is 33.0 Å². The number of ether oxygens (including phenoxy) is 2. The number of imidazole rings is 1. The van der Waals surface area contributed by atoms with Gasteiger partial charge in [0.15, 0.2) is 0 Å². The van der Waals surface area contributed by atoms with Crippen molar-refractivity contribution in [3.63, 3.8) is 0 Å². The van der Waals surface area contributed by atoms with Crippen LogP contribution in [-0.4, -0.2) is 40.6 Å². The van der Waals surface area contributed by atoms with E-state index in [-0.39, 0.29) is 12.5 Å². The van der Waals surface area contributed by atoms with Crippen LogP contribution in [0.1, 0.15) is 26.3 Å². The third-order valence-corrected chi connectivity index (χ3v) is 5.33. The normalized spacial score (nSPS) is 11.3. The molecule has 0 aliphatic heterocycles. The summed E-state index contributed by atoms with van der Waals surface area (Å²) in [4.78, 5) is 30.9. The molecule has 0 unspecified atom stereocenters. The number of benzene rings is 2. The number of anilines is 2. The smallest absolute Gasteiger partial charge is 0.414 e. The van der Waals surface area contributed by atoms with Crippen molar-refractivity contribution in [3.8, 4) is 11.3 Å². The zero-order chi connectivity index (χ0) is 25.7. The quantitative estimate of drug-likeness (QED) is 0.371. The first-order valence-corrected chi connectivity index (χ1v) is 11.7. The maximum absolute atomic E-state index is 12.5. The molecule has 2 aromatic carbocycles. The first-order chi connectivity index (χ1) is 17.2. The van der Waals surface area contributed by atoms with Gasteiger partial charge in [-0.1, -0.05) is 42.5 Å². The lowest BCUT2D eigenvalue weighted by molar-refractivity contribution is -0.121. The minimum Gasteiger partial charge on any atom is -0.443 e. The summed E-state index contributed by atoms with van der Waals surface area (Å²) in [5.41, 5.74) is 4.15. The Morgan fingerprint density at radius 2 is 1.81 bits per heavy atom. The van der Waals surface area contributed by atoms with Gasteiger partial charge in [0.05, 0.1) is 24.2 Å². The van der Waals surface area contributed by atoms with Crippen LogP contribution in [0.2, 0.25) is 0 Å². The van der Waals surface area contributed by atoms with Crippen molar-refractivity contribution in [2.24, 2.45) is 0 Å². The molecule has 8 nitrogen and oxygen atoms in total. The van der Waals surface area contributed by atoms with E-state index in [0.29, 0.717) is 18.0 Å². The van der Waals surface area contributed by atoms with Crippen molar-refractivity contribution >= 4 is 29.0 Å². The Bertz CT molecular complexity index is 1360. The number of amides is 2. The van der Waals surface area contributed by atoms with Crippen molar-refractivity contribution in [2.75, 3.05) is 23.9 Å². The van der Waals surface area contributed by atoms with Crippen LogP contribution in [0, 0.1) is 0 Å². The molecule has 0 atom stereocenters. The number of carbonyl (C=O) groups is 2. The van der Waals surface area contributed by atoms with E-state index in [2.05, 4.69) is 10.3 Å². The van der Waals surface area contributed by atoms with E-state index in [1.165, 1.54) is 4.90 Å². The standard InChI is InChI=1S/C28H30N4O4/c1-28(2,3)36-27(34)31(4)23-13-14-25-29-16-24(32(25)17-23)21-11-8-12-22(15-21)30-26(33)19-35-18-20-9-6-5-7-10-20/h5-17H,18-19H2,1-4H3,(H,30,33). The van der Waals surface area contributed by atoms with Crippen molar-refractivity contribution in [1.29, 1.82) is 0 Å². The third-order valence-electron chi connectivity index (χ3n) is 5.33. The number of hydrogen-bond donors (Lipinski definition) is 1. The molecular formula is C28H30N4O4. The zero-order valence-corrected chi connectivity index (χ0v) is 20.9. The van der Waals surface area contributed by atoms with Gasteiger partial charge in [-0.05, 0) is 50.6 Å². The summed E-state index contributed by atoms with van der Waals surface area (Å²) in [6.07, 6.45) is 3.16. The molecule has 186 valence electrons. The fourth-order valence-electron chi connectivity index (χ4n) is 3.61. The Hall–Kier alpha value is -4.17. The number of carbonyl (C=O) groups excluding carboxylic acids is 2. The monoisotopic (exact) mass is 486 g/mol. The maximum atomic E-state index is 12.5. The molecule has 4 rings (SSSR count). The van der Waals surface area contributed by atoms with Crippen LogP contribution in [0.15, 0.2) is 79.1 Å². The molecule has 8 heteroatoms. The maximum Gasteiger partial charge on any atom is 0.414 e. The highest BCUT2D eigenvalue weighted by molar-refractivity contribution is 5.92. The third kappa shape index (κ3) is 6.28. The molecular weight excluding hydrogens is 456 g/mol. The highest BCUT2D eigenvalue weighted by Crippen LogP contribution is 2.26. The van der Waals surface area contributed by atoms with E-state index in [1.807, 2.05) is 98.1 Å². The second-order valence-corrected chi connectivity index (χ2v) is 9.41. The summed E-state index contributed by atoms with van der Waals surface area (Å²) in [7, 11) is 1.67. The molecule has 2 aromatic heterocycles. The fourth-order valence-corrected chi connectivity index (χ4v) is 3.61. The number of nitrogens with zero attached hydrogens (tertiary/aromatic N) is 3. The SMILES string of the molecule is CN(C(=O)OC(C)(C)C)c1ccc2ncc(-c3cccc(NC(=O)COCc4ccccc4)c3)n2c1. The zero-order valence-electron chi connectivity index (χ0n) is 20.9. The van der Waals surface area contributed by atoms with Crippen molar-refractivity contribution < 1.29 is 19.1 Å². The lowest BCUT2D eigenvalue weighted by Gasteiger charge is -2.24. The van der Waals surface area contributed by atoms with Gasteiger partial charge in [-0.3, -0.25) is 14.1 Å². The Kier molecular flexibility index (Phi) is 7.36. The minimum atomic E-state index is -0.590. The first kappa shape index (κ1) is 24.9. The number of fused-ring (bicyclic) bond motifs is 1. The molecule has 0 saturated heterocycles. The molecule has 0 fully saturated rings. The molecule has 0 spiro atoms. The van der Waals surface area contributed by atoms with E-state index in [9.17, 15) is 9.59 Å². The van der Waals surface area contributed by atoms with Gasteiger partial charge in [0.1, 0.15) is 17.9 Å². The molecule has 1 N–H and O–H groups in total. The van der Waals surface area contributed by atoms with E-state index >= 15 is 0 Å². The fraction of sp³-hybridized carbons (Fsp3) is 0.250. The van der Waals surface area contributed by atoms with Gasteiger partial charge in [-0.2, -0.15) is 0 Å². The van der Waals surface area contributed by atoms with Gasteiger partial charge in [0, 0.05) is 24.5 Å². The Balaban J connectivity index is 1.47. The molecule has 36 heavy (non-hydrogen) atoms. The van der Waals surface area contributed by atoms with Gasteiger partial charge in [-0.15, -0.1) is 0 Å². The predicted octanol–water partition coefficient (Wildman–Crippen LogP) is 5.53. The molecule has 0 aliphatic rings. The molecule has 0 bridgehead atoms. The average Bonchev–Trinajstić information content (AvgIpc) is 3.26. The minimum absolute atomic E-state index is 0.0465. The van der Waals surface area contributed by atoms with Gasteiger partial charge in [0.2, 0.25) is 5.91 Å². The lowest BCUT2D eigenvalue weighted by atomic mass is 10.1. The predicted molar refractivity (Wildman–Crippen MR) is 140 cm³/mol. The van der Waals surface area contributed by atoms with Gasteiger partial charge in [-0.25, -0.2) is 9.78 Å². The lowest BCUT2D eigenvalue weighted by Crippen LogP contribution is -2.34. The van der Waals surface area contributed by atoms with Crippen LogP contribution in [0.4, 0.5) is 16.2 Å². The van der Waals surface area contributed by atoms with Crippen molar-refractivity contribution in [1.82, 2.24) is 9.38 Å². The summed E-state index contributed by atoms with van der Waals surface area (Å²) in [5.74, 6) is -0.234. The Labute approximate surface area is 210 Å². The molecule has 4 aromatic rings. The summed E-state index contributed by atoms with van der Waals surface area (Å²) in [6, 6.07) is 20.9. The van der Waals surface area contributed by atoms with Gasteiger partial charge < -0.3 is 14.8 Å². The van der Waals surface area contributed by atoms with Gasteiger partial charge in [0.25, 0.3) is 0 Å². The number of pyridine rings is 1. The van der Waals surface area contributed by atoms with E-state index in [0.717, 1.165) is 22.5 Å². The number of hydrogen-bond acceptors (Lipinski definition) is 5. The highest BCUT2D eigenvalue weighted by Gasteiger charge is 2.21. The summed E-state index contributed by atoms with van der Waals surface area (Å²) < 4.78 is 12.9. The number of rotatable bonds is 7. The molecule has 0 radical (unpaired) electrons. The molecule has 0 saturated carbocycles. The highest BCUT2D eigenvalue weighted by atomic mass is 16.6. The van der Waals surface area contributed by atoms with Gasteiger partial charge >= 0.3 is 6.09 Å². The van der Waals surface area contributed by atoms with E-state index in [1.54, 1.807) is 13.2 Å². The van der Waals surface area contributed by atoms with E-state index < -0.39 is 11.7 Å². The largest absolute Gasteiger partial charge is 0.443 e. The molecule has 2 heterocycles. The first-order valence-electron chi connectivity index (χ1n) is 11.7. The second kappa shape index (κ2) is 10.6. The molecule has 0 aliphatic carbocycles. The Morgan fingerprint density at radius 3 is 2.56 bits per heavy atom. The number of aromatic nitrogens is 2. The van der Waals surface area contributed by atoms with Crippen LogP contribution >= 0.6 is 0 Å². The van der Waals surface area contributed by atoms with Crippen LogP contribution in [-0.2, 0) is 20.9 Å². The molecule has 2 amide bonds. The van der Waals surface area contributed by atoms with Crippen molar-refractivity contribution in [3.05, 3.63) is 84.7 Å². The van der Waals surface area contributed by atoms with Crippen LogP contribution in [0.25, 0.3) is 16.9 Å². The second-order valence-electron chi connectivity index (χ2n) is 9.41. The number of nitrogens with one attached hydrogen (secondary N) is 1. The average molecular weight is 487 g/mol. The summed E-state index contributed by atoms with van der Waals surface area (Å²) in [6.45, 7) is 5.82. The Morgan fingerprint density at radius 1 is 1.03 bits per heavy atom.